The number of carbonyl (C=O) groups excluding carboxylic acids is 2. The molecule has 0 aliphatic carbocycles. The van der Waals surface area contributed by atoms with Crippen LogP contribution in [0.15, 0.2) is 24.3 Å². The minimum Gasteiger partial charge on any atom is -0.350 e. The lowest BCUT2D eigenvalue weighted by Crippen LogP contribution is -2.41. The van der Waals surface area contributed by atoms with Gasteiger partial charge in [-0.25, -0.2) is 4.79 Å². The van der Waals surface area contributed by atoms with Gasteiger partial charge < -0.3 is 20.9 Å². The Morgan fingerprint density at radius 1 is 1.17 bits per heavy atom. The Kier molecular flexibility index (Phi) is 7.34. The molecule has 0 radical (unpaired) electrons. The number of nitrogens with one attached hydrogen (secondary N) is 3. The van der Waals surface area contributed by atoms with E-state index < -0.39 is 0 Å². The van der Waals surface area contributed by atoms with Crippen molar-refractivity contribution in [3.8, 4) is 0 Å². The molecule has 24 heavy (non-hydrogen) atoms. The first-order chi connectivity index (χ1) is 11.6. The maximum atomic E-state index is 11.9. The molecule has 3 N–H and O–H groups in total. The molecular formula is C17H25ClN4O2. The van der Waals surface area contributed by atoms with E-state index in [4.69, 9.17) is 11.6 Å². The van der Waals surface area contributed by atoms with Crippen molar-refractivity contribution in [1.29, 1.82) is 0 Å². The normalized spacial score (nSPS) is 17.5. The lowest BCUT2D eigenvalue weighted by molar-refractivity contribution is 0.0954. The van der Waals surface area contributed by atoms with Gasteiger partial charge in [0.15, 0.2) is 0 Å². The van der Waals surface area contributed by atoms with E-state index in [1.54, 1.807) is 24.3 Å². The van der Waals surface area contributed by atoms with Gasteiger partial charge in [-0.3, -0.25) is 4.79 Å². The van der Waals surface area contributed by atoms with Crippen LogP contribution in [0.25, 0.3) is 0 Å². The van der Waals surface area contributed by atoms with Crippen molar-refractivity contribution in [2.45, 2.75) is 25.3 Å². The standard InChI is InChI=1S/C17H25ClN4O2/c1-22-12-4-5-13(22)8-9-20-17(24)21-11-10-19-16(23)14-6-2-3-7-15(14)18/h2-3,6-7,13H,4-5,8-12H2,1H3,(H,19,23)(H2,20,21,24)/t13-/m0/s1. The van der Waals surface area contributed by atoms with Gasteiger partial charge in [-0.15, -0.1) is 0 Å². The molecule has 0 aromatic heterocycles. The summed E-state index contributed by atoms with van der Waals surface area (Å²) in [4.78, 5) is 26.0. The van der Waals surface area contributed by atoms with E-state index >= 15 is 0 Å². The summed E-state index contributed by atoms with van der Waals surface area (Å²) in [6, 6.07) is 7.23. The van der Waals surface area contributed by atoms with Gasteiger partial charge in [-0.2, -0.15) is 0 Å². The summed E-state index contributed by atoms with van der Waals surface area (Å²) in [6.45, 7) is 2.52. The summed E-state index contributed by atoms with van der Waals surface area (Å²) in [5.74, 6) is -0.243. The van der Waals surface area contributed by atoms with Crippen molar-refractivity contribution < 1.29 is 9.59 Å². The predicted octanol–water partition coefficient (Wildman–Crippen LogP) is 1.85. The minimum absolute atomic E-state index is 0.206. The highest BCUT2D eigenvalue weighted by Crippen LogP contribution is 2.17. The van der Waals surface area contributed by atoms with Gasteiger partial charge in [0.2, 0.25) is 0 Å². The summed E-state index contributed by atoms with van der Waals surface area (Å²) < 4.78 is 0. The van der Waals surface area contributed by atoms with Gasteiger partial charge in [0.05, 0.1) is 10.6 Å². The molecule has 2 rings (SSSR count). The van der Waals surface area contributed by atoms with E-state index in [0.717, 1.165) is 13.0 Å². The van der Waals surface area contributed by atoms with Gasteiger partial charge in [-0.05, 0) is 45.0 Å². The molecule has 1 fully saturated rings. The Bertz CT molecular complexity index is 567. The average Bonchev–Trinajstić information content (AvgIpc) is 2.97. The molecule has 0 bridgehead atoms. The first kappa shape index (κ1) is 18.5. The van der Waals surface area contributed by atoms with Crippen molar-refractivity contribution >= 4 is 23.5 Å². The molecule has 1 heterocycles. The van der Waals surface area contributed by atoms with Crippen molar-refractivity contribution in [3.63, 3.8) is 0 Å². The Hall–Kier alpha value is -1.79. The van der Waals surface area contributed by atoms with Crippen molar-refractivity contribution in [2.75, 3.05) is 33.2 Å². The van der Waals surface area contributed by atoms with Gasteiger partial charge in [0.25, 0.3) is 5.91 Å². The van der Waals surface area contributed by atoms with E-state index in [9.17, 15) is 9.59 Å². The largest absolute Gasteiger partial charge is 0.350 e. The zero-order valence-corrected chi connectivity index (χ0v) is 14.7. The topological polar surface area (TPSA) is 73.5 Å². The molecule has 3 amide bonds. The van der Waals surface area contributed by atoms with Crippen LogP contribution >= 0.6 is 11.6 Å². The minimum atomic E-state index is -0.243. The van der Waals surface area contributed by atoms with E-state index in [1.807, 2.05) is 0 Å². The number of amides is 3. The van der Waals surface area contributed by atoms with Gasteiger partial charge in [-0.1, -0.05) is 23.7 Å². The van der Waals surface area contributed by atoms with Crippen LogP contribution in [0.5, 0.6) is 0 Å². The van der Waals surface area contributed by atoms with Crippen molar-refractivity contribution in [2.24, 2.45) is 0 Å². The number of likely N-dealkylation sites (tertiary alicyclic amines) is 1. The fourth-order valence-electron chi connectivity index (χ4n) is 2.85. The van der Waals surface area contributed by atoms with E-state index in [0.29, 0.717) is 36.3 Å². The van der Waals surface area contributed by atoms with Crippen LogP contribution in [0.1, 0.15) is 29.6 Å². The van der Waals surface area contributed by atoms with Crippen LogP contribution in [0.3, 0.4) is 0 Å². The molecule has 1 aliphatic heterocycles. The number of nitrogens with zero attached hydrogens (tertiary/aromatic N) is 1. The lowest BCUT2D eigenvalue weighted by Gasteiger charge is -2.19. The molecule has 132 valence electrons. The number of hydrogen-bond acceptors (Lipinski definition) is 3. The van der Waals surface area contributed by atoms with Crippen LogP contribution < -0.4 is 16.0 Å². The van der Waals surface area contributed by atoms with Crippen LogP contribution in [0.2, 0.25) is 5.02 Å². The van der Waals surface area contributed by atoms with Gasteiger partial charge >= 0.3 is 6.03 Å². The second kappa shape index (κ2) is 9.49. The molecule has 1 aliphatic rings. The molecule has 6 nitrogen and oxygen atoms in total. The highest BCUT2D eigenvalue weighted by molar-refractivity contribution is 6.33. The van der Waals surface area contributed by atoms with E-state index in [2.05, 4.69) is 27.9 Å². The second-order valence-electron chi connectivity index (χ2n) is 5.98. The monoisotopic (exact) mass is 352 g/mol. The molecule has 0 unspecified atom stereocenters. The smallest absolute Gasteiger partial charge is 0.314 e. The number of hydrogen-bond donors (Lipinski definition) is 3. The lowest BCUT2D eigenvalue weighted by atomic mass is 10.1. The quantitative estimate of drug-likeness (QED) is 0.656. The first-order valence-corrected chi connectivity index (χ1v) is 8.70. The summed E-state index contributed by atoms with van der Waals surface area (Å²) in [5.41, 5.74) is 0.435. The van der Waals surface area contributed by atoms with Gasteiger partial charge in [0, 0.05) is 25.7 Å². The number of halogens is 1. The van der Waals surface area contributed by atoms with Crippen LogP contribution in [0, 0.1) is 0 Å². The SMILES string of the molecule is CN1CCC[C@H]1CCNC(=O)NCCNC(=O)c1ccccc1Cl. The molecule has 1 aromatic carbocycles. The fourth-order valence-corrected chi connectivity index (χ4v) is 3.07. The molecule has 1 saturated heterocycles. The van der Waals surface area contributed by atoms with Crippen LogP contribution in [-0.2, 0) is 0 Å². The molecule has 1 atom stereocenters. The number of benzene rings is 1. The number of rotatable bonds is 7. The summed E-state index contributed by atoms with van der Waals surface area (Å²) in [6.07, 6.45) is 3.40. The highest BCUT2D eigenvalue weighted by atomic mass is 35.5. The summed E-state index contributed by atoms with van der Waals surface area (Å²) in [7, 11) is 2.12. The highest BCUT2D eigenvalue weighted by Gasteiger charge is 2.20. The number of carbonyl (C=O) groups is 2. The first-order valence-electron chi connectivity index (χ1n) is 8.32. The second-order valence-corrected chi connectivity index (χ2v) is 6.39. The van der Waals surface area contributed by atoms with Crippen molar-refractivity contribution in [1.82, 2.24) is 20.9 Å². The Labute approximate surface area is 147 Å². The third-order valence-corrected chi connectivity index (χ3v) is 4.58. The molecule has 7 heteroatoms. The van der Waals surface area contributed by atoms with Gasteiger partial charge in [0.1, 0.15) is 0 Å². The Morgan fingerprint density at radius 2 is 1.88 bits per heavy atom. The zero-order chi connectivity index (χ0) is 17.4. The predicted molar refractivity (Wildman–Crippen MR) is 95.5 cm³/mol. The molecule has 1 aromatic rings. The summed E-state index contributed by atoms with van der Waals surface area (Å²) >= 11 is 5.96. The fraction of sp³-hybridized carbons (Fsp3) is 0.529. The third-order valence-electron chi connectivity index (χ3n) is 4.25. The third kappa shape index (κ3) is 5.69. The van der Waals surface area contributed by atoms with Crippen molar-refractivity contribution in [3.05, 3.63) is 34.9 Å². The maximum absolute atomic E-state index is 11.9. The Morgan fingerprint density at radius 3 is 2.58 bits per heavy atom. The van der Waals surface area contributed by atoms with Crippen LogP contribution in [-0.4, -0.2) is 56.1 Å². The maximum Gasteiger partial charge on any atom is 0.314 e. The Balaban J connectivity index is 1.56. The van der Waals surface area contributed by atoms with E-state index in [1.165, 1.54) is 12.8 Å². The molecule has 0 spiro atoms. The average molecular weight is 353 g/mol. The van der Waals surface area contributed by atoms with Crippen LogP contribution in [0.4, 0.5) is 4.79 Å². The number of urea groups is 1. The molecular weight excluding hydrogens is 328 g/mol. The molecule has 0 saturated carbocycles. The zero-order valence-electron chi connectivity index (χ0n) is 14.0. The summed E-state index contributed by atoms with van der Waals surface area (Å²) in [5, 5.41) is 8.72. The van der Waals surface area contributed by atoms with E-state index in [-0.39, 0.29) is 11.9 Å².